The van der Waals surface area contributed by atoms with Gasteiger partial charge in [0, 0.05) is 14.1 Å². The molecule has 1 aromatic carbocycles. The van der Waals surface area contributed by atoms with Crippen molar-refractivity contribution < 1.29 is 19.8 Å². The highest BCUT2D eigenvalue weighted by molar-refractivity contribution is 5.93. The molecule has 0 saturated carbocycles. The molecule has 0 bridgehead atoms. The van der Waals surface area contributed by atoms with E-state index in [0.29, 0.717) is 12.2 Å². The molecule has 8 heteroatoms. The molecule has 1 aliphatic heterocycles. The lowest BCUT2D eigenvalue weighted by molar-refractivity contribution is -0.117. The number of benzene rings is 1. The number of likely N-dealkylation sites (tertiary alicyclic amines) is 1. The number of rotatable bonds is 3. The summed E-state index contributed by atoms with van der Waals surface area (Å²) in [6.07, 6.45) is 2.70. The Morgan fingerprint density at radius 2 is 1.71 bits per heavy atom. The van der Waals surface area contributed by atoms with Gasteiger partial charge >= 0.3 is 6.09 Å². The van der Waals surface area contributed by atoms with E-state index in [4.69, 9.17) is 5.11 Å². The van der Waals surface area contributed by atoms with Crippen LogP contribution in [0.4, 0.5) is 10.5 Å². The molecule has 1 aromatic rings. The Kier molecular flexibility index (Phi) is 10.6. The maximum absolute atomic E-state index is 11.8. The molecule has 136 valence electrons. The van der Waals surface area contributed by atoms with E-state index < -0.39 is 6.09 Å². The van der Waals surface area contributed by atoms with Gasteiger partial charge in [0.15, 0.2) is 0 Å². The summed E-state index contributed by atoms with van der Waals surface area (Å²) in [5, 5.41) is 20.2. The third-order valence-electron chi connectivity index (χ3n) is 3.38. The Hall–Kier alpha value is -1.99. The van der Waals surface area contributed by atoms with Crippen molar-refractivity contribution in [1.82, 2.24) is 9.80 Å². The summed E-state index contributed by atoms with van der Waals surface area (Å²) in [5.74, 6) is 0.0490. The Bertz CT molecular complexity index is 520. The molecular formula is C16H26ClN3O4. The van der Waals surface area contributed by atoms with Gasteiger partial charge in [-0.15, -0.1) is 12.4 Å². The van der Waals surface area contributed by atoms with E-state index >= 15 is 0 Å². The summed E-state index contributed by atoms with van der Waals surface area (Å²) >= 11 is 0. The van der Waals surface area contributed by atoms with Crippen molar-refractivity contribution in [3.8, 4) is 5.75 Å². The van der Waals surface area contributed by atoms with Crippen LogP contribution in [0.1, 0.15) is 19.3 Å². The van der Waals surface area contributed by atoms with Gasteiger partial charge in [-0.05, 0) is 38.1 Å². The summed E-state index contributed by atoms with van der Waals surface area (Å²) in [6.45, 7) is 2.40. The molecule has 0 atom stereocenters. The highest BCUT2D eigenvalue weighted by atomic mass is 35.5. The number of carbonyl (C=O) groups excluding carboxylic acids is 1. The number of aromatic hydroxyl groups is 1. The first-order valence-electron chi connectivity index (χ1n) is 7.60. The molecule has 1 heterocycles. The Morgan fingerprint density at radius 1 is 1.17 bits per heavy atom. The Balaban J connectivity index is 0.000000655. The Morgan fingerprint density at radius 3 is 2.21 bits per heavy atom. The van der Waals surface area contributed by atoms with Crippen LogP contribution in [0.2, 0.25) is 0 Å². The molecule has 2 amide bonds. The quantitative estimate of drug-likeness (QED) is 0.721. The number of amides is 2. The zero-order chi connectivity index (χ0) is 17.2. The molecule has 0 radical (unpaired) electrons. The second-order valence-corrected chi connectivity index (χ2v) is 5.58. The second kappa shape index (κ2) is 11.5. The van der Waals surface area contributed by atoms with Crippen LogP contribution in [0.3, 0.4) is 0 Å². The van der Waals surface area contributed by atoms with Gasteiger partial charge in [-0.1, -0.05) is 18.6 Å². The van der Waals surface area contributed by atoms with E-state index in [1.54, 1.807) is 24.3 Å². The number of nitrogens with one attached hydrogen (secondary N) is 1. The SMILES string of the molecule is CN(C)C(=O)O.Cl.O=C(CN1CCCCC1)Nc1ccccc1O. The van der Waals surface area contributed by atoms with Gasteiger partial charge in [0.2, 0.25) is 5.91 Å². The number of anilines is 1. The van der Waals surface area contributed by atoms with Crippen LogP contribution < -0.4 is 5.32 Å². The van der Waals surface area contributed by atoms with E-state index in [-0.39, 0.29) is 24.1 Å². The minimum absolute atomic E-state index is 0. The largest absolute Gasteiger partial charge is 0.506 e. The fraction of sp³-hybridized carbons (Fsp3) is 0.500. The molecule has 24 heavy (non-hydrogen) atoms. The number of nitrogens with zero attached hydrogens (tertiary/aromatic N) is 2. The molecular weight excluding hydrogens is 334 g/mol. The van der Waals surface area contributed by atoms with Crippen LogP contribution in [0.5, 0.6) is 5.75 Å². The third-order valence-corrected chi connectivity index (χ3v) is 3.38. The zero-order valence-corrected chi connectivity index (χ0v) is 14.9. The highest BCUT2D eigenvalue weighted by Gasteiger charge is 2.14. The van der Waals surface area contributed by atoms with Crippen LogP contribution in [0, 0.1) is 0 Å². The molecule has 0 aromatic heterocycles. The average Bonchev–Trinajstić information content (AvgIpc) is 2.51. The summed E-state index contributed by atoms with van der Waals surface area (Å²) in [6, 6.07) is 6.78. The molecule has 1 aliphatic rings. The van der Waals surface area contributed by atoms with Crippen molar-refractivity contribution in [2.45, 2.75) is 19.3 Å². The standard InChI is InChI=1S/C13H18N2O2.C3H7NO2.ClH/c16-12-7-3-2-6-11(12)14-13(17)10-15-8-4-1-5-9-15;1-4(2)3(5)6;/h2-3,6-7,16H,1,4-5,8-10H2,(H,14,17);1-2H3,(H,5,6);1H. The van der Waals surface area contributed by atoms with Crippen molar-refractivity contribution >= 4 is 30.1 Å². The van der Waals surface area contributed by atoms with Gasteiger partial charge in [-0.3, -0.25) is 9.69 Å². The predicted octanol–water partition coefficient (Wildman–Crippen LogP) is 2.46. The number of hydrogen-bond donors (Lipinski definition) is 3. The van der Waals surface area contributed by atoms with Gasteiger partial charge in [0.1, 0.15) is 5.75 Å². The fourth-order valence-electron chi connectivity index (χ4n) is 2.09. The molecule has 2 rings (SSSR count). The van der Waals surface area contributed by atoms with Gasteiger partial charge < -0.3 is 20.4 Å². The van der Waals surface area contributed by atoms with Gasteiger partial charge in [-0.2, -0.15) is 0 Å². The summed E-state index contributed by atoms with van der Waals surface area (Å²) in [4.78, 5) is 24.6. The fourth-order valence-corrected chi connectivity index (χ4v) is 2.09. The van der Waals surface area contributed by atoms with E-state index in [1.807, 2.05) is 0 Å². The van der Waals surface area contributed by atoms with Gasteiger partial charge in [-0.25, -0.2) is 4.79 Å². The monoisotopic (exact) mass is 359 g/mol. The first kappa shape index (κ1) is 22.0. The van der Waals surface area contributed by atoms with E-state index in [0.717, 1.165) is 18.0 Å². The van der Waals surface area contributed by atoms with E-state index in [2.05, 4.69) is 10.2 Å². The maximum atomic E-state index is 11.8. The second-order valence-electron chi connectivity index (χ2n) is 5.58. The lowest BCUT2D eigenvalue weighted by Gasteiger charge is -2.25. The predicted molar refractivity (Wildman–Crippen MR) is 96.0 cm³/mol. The average molecular weight is 360 g/mol. The molecule has 1 saturated heterocycles. The van der Waals surface area contributed by atoms with E-state index in [9.17, 15) is 14.7 Å². The van der Waals surface area contributed by atoms with Crippen LogP contribution >= 0.6 is 12.4 Å². The number of halogens is 1. The summed E-state index contributed by atoms with van der Waals surface area (Å²) < 4.78 is 0. The van der Waals surface area contributed by atoms with Crippen LogP contribution in [-0.4, -0.2) is 65.7 Å². The number of phenols is 1. The summed E-state index contributed by atoms with van der Waals surface area (Å²) in [7, 11) is 2.95. The summed E-state index contributed by atoms with van der Waals surface area (Å²) in [5.41, 5.74) is 0.481. The molecule has 0 unspecified atom stereocenters. The van der Waals surface area contributed by atoms with Crippen molar-refractivity contribution in [3.63, 3.8) is 0 Å². The zero-order valence-electron chi connectivity index (χ0n) is 14.1. The number of phenolic OH excluding ortho intramolecular Hbond substituents is 1. The first-order valence-corrected chi connectivity index (χ1v) is 7.60. The molecule has 7 nitrogen and oxygen atoms in total. The third kappa shape index (κ3) is 8.59. The lowest BCUT2D eigenvalue weighted by Crippen LogP contribution is -2.36. The smallest absolute Gasteiger partial charge is 0.406 e. The number of piperidine rings is 1. The van der Waals surface area contributed by atoms with Crippen LogP contribution in [0.15, 0.2) is 24.3 Å². The number of para-hydroxylation sites is 2. The molecule has 0 spiro atoms. The molecule has 0 aliphatic carbocycles. The first-order chi connectivity index (χ1) is 10.9. The minimum atomic E-state index is -0.907. The van der Waals surface area contributed by atoms with Crippen molar-refractivity contribution in [2.24, 2.45) is 0 Å². The Labute approximate surface area is 148 Å². The van der Waals surface area contributed by atoms with Crippen molar-refractivity contribution in [1.29, 1.82) is 0 Å². The normalized spacial score (nSPS) is 13.8. The van der Waals surface area contributed by atoms with Crippen molar-refractivity contribution in [3.05, 3.63) is 24.3 Å². The number of carbonyl (C=O) groups is 2. The number of hydrogen-bond acceptors (Lipinski definition) is 4. The van der Waals surface area contributed by atoms with Crippen LogP contribution in [-0.2, 0) is 4.79 Å². The van der Waals surface area contributed by atoms with Gasteiger partial charge in [0.05, 0.1) is 12.2 Å². The highest BCUT2D eigenvalue weighted by Crippen LogP contribution is 2.21. The number of carboxylic acid groups (broad SMARTS) is 1. The molecule has 1 fully saturated rings. The molecule has 3 N–H and O–H groups in total. The minimum Gasteiger partial charge on any atom is -0.506 e. The topological polar surface area (TPSA) is 93.1 Å². The van der Waals surface area contributed by atoms with Gasteiger partial charge in [0.25, 0.3) is 0 Å². The lowest BCUT2D eigenvalue weighted by atomic mass is 10.1. The van der Waals surface area contributed by atoms with Crippen molar-refractivity contribution in [2.75, 3.05) is 39.0 Å². The van der Waals surface area contributed by atoms with E-state index in [1.165, 1.54) is 33.4 Å². The maximum Gasteiger partial charge on any atom is 0.406 e. The van der Waals surface area contributed by atoms with Crippen LogP contribution in [0.25, 0.3) is 0 Å².